The largest absolute Gasteiger partial charge is 0.441 e. The standard InChI is InChI=1S/C17H16N2O2/c1-11-3-6-14(7-4-11)19-17(20)10-13-5-8-15-16(9-13)21-12(2)18-15/h3-9H,10H2,1-2H3,(H,19,20). The minimum Gasteiger partial charge on any atom is -0.441 e. The second-order valence-corrected chi connectivity index (χ2v) is 5.13. The van der Waals surface area contributed by atoms with Crippen LogP contribution in [0, 0.1) is 13.8 Å². The van der Waals surface area contributed by atoms with Crippen LogP contribution in [0.25, 0.3) is 11.1 Å². The van der Waals surface area contributed by atoms with Gasteiger partial charge in [0.05, 0.1) is 6.42 Å². The number of aryl methyl sites for hydroxylation is 2. The zero-order valence-corrected chi connectivity index (χ0v) is 12.0. The fourth-order valence-corrected chi connectivity index (χ4v) is 2.22. The second-order valence-electron chi connectivity index (χ2n) is 5.13. The van der Waals surface area contributed by atoms with E-state index < -0.39 is 0 Å². The number of aromatic nitrogens is 1. The molecule has 21 heavy (non-hydrogen) atoms. The summed E-state index contributed by atoms with van der Waals surface area (Å²) < 4.78 is 5.48. The third kappa shape index (κ3) is 3.11. The number of oxazole rings is 1. The van der Waals surface area contributed by atoms with Crippen molar-refractivity contribution in [3.05, 3.63) is 59.5 Å². The molecule has 0 saturated heterocycles. The molecule has 0 aliphatic heterocycles. The molecule has 3 rings (SSSR count). The molecule has 0 radical (unpaired) electrons. The predicted molar refractivity (Wildman–Crippen MR) is 82.3 cm³/mol. The molecule has 1 aromatic heterocycles. The lowest BCUT2D eigenvalue weighted by atomic mass is 10.1. The Morgan fingerprint density at radius 3 is 2.67 bits per heavy atom. The van der Waals surface area contributed by atoms with Gasteiger partial charge < -0.3 is 9.73 Å². The molecule has 106 valence electrons. The van der Waals surface area contributed by atoms with Crippen molar-refractivity contribution in [2.45, 2.75) is 20.3 Å². The van der Waals surface area contributed by atoms with Crippen LogP contribution < -0.4 is 5.32 Å². The Morgan fingerprint density at radius 1 is 1.14 bits per heavy atom. The first-order valence-electron chi connectivity index (χ1n) is 6.83. The number of nitrogens with zero attached hydrogens (tertiary/aromatic N) is 1. The molecule has 0 saturated carbocycles. The topological polar surface area (TPSA) is 55.1 Å². The summed E-state index contributed by atoms with van der Waals surface area (Å²) in [7, 11) is 0. The van der Waals surface area contributed by atoms with Crippen molar-refractivity contribution >= 4 is 22.7 Å². The molecule has 0 aliphatic carbocycles. The van der Waals surface area contributed by atoms with Crippen molar-refractivity contribution in [3.63, 3.8) is 0 Å². The molecule has 0 bridgehead atoms. The second kappa shape index (κ2) is 5.40. The predicted octanol–water partition coefficient (Wildman–Crippen LogP) is 3.63. The summed E-state index contributed by atoms with van der Waals surface area (Å²) in [6.07, 6.45) is 0.309. The van der Waals surface area contributed by atoms with E-state index in [1.165, 1.54) is 5.56 Å². The van der Waals surface area contributed by atoms with Crippen LogP contribution in [0.3, 0.4) is 0 Å². The maximum atomic E-state index is 12.1. The first-order chi connectivity index (χ1) is 10.1. The first-order valence-corrected chi connectivity index (χ1v) is 6.83. The Hall–Kier alpha value is -2.62. The van der Waals surface area contributed by atoms with E-state index in [0.717, 1.165) is 16.8 Å². The molecule has 0 unspecified atom stereocenters. The van der Waals surface area contributed by atoms with Gasteiger partial charge in [-0.25, -0.2) is 4.98 Å². The van der Waals surface area contributed by atoms with Gasteiger partial charge in [0.1, 0.15) is 5.52 Å². The van der Waals surface area contributed by atoms with E-state index in [9.17, 15) is 4.79 Å². The molecule has 2 aromatic carbocycles. The van der Waals surface area contributed by atoms with Crippen molar-refractivity contribution in [3.8, 4) is 0 Å². The summed E-state index contributed by atoms with van der Waals surface area (Å²) in [6, 6.07) is 13.4. The zero-order chi connectivity index (χ0) is 14.8. The smallest absolute Gasteiger partial charge is 0.228 e. The Labute approximate surface area is 122 Å². The number of fused-ring (bicyclic) bond motifs is 1. The van der Waals surface area contributed by atoms with E-state index in [-0.39, 0.29) is 5.91 Å². The number of hydrogen-bond donors (Lipinski definition) is 1. The van der Waals surface area contributed by atoms with E-state index in [0.29, 0.717) is 17.9 Å². The van der Waals surface area contributed by atoms with Gasteiger partial charge in [0, 0.05) is 12.6 Å². The van der Waals surface area contributed by atoms with Crippen molar-refractivity contribution in [1.82, 2.24) is 4.98 Å². The molecular weight excluding hydrogens is 264 g/mol. The highest BCUT2D eigenvalue weighted by Gasteiger charge is 2.07. The Bertz CT molecular complexity index is 788. The Balaban J connectivity index is 1.71. The average molecular weight is 280 g/mol. The number of rotatable bonds is 3. The monoisotopic (exact) mass is 280 g/mol. The van der Waals surface area contributed by atoms with Gasteiger partial charge in [-0.1, -0.05) is 23.8 Å². The minimum atomic E-state index is -0.0468. The molecule has 4 nitrogen and oxygen atoms in total. The van der Waals surface area contributed by atoms with Crippen molar-refractivity contribution in [2.75, 3.05) is 5.32 Å². The van der Waals surface area contributed by atoms with Crippen LogP contribution in [-0.4, -0.2) is 10.9 Å². The zero-order valence-electron chi connectivity index (χ0n) is 12.0. The molecule has 0 spiro atoms. The van der Waals surface area contributed by atoms with Gasteiger partial charge in [-0.3, -0.25) is 4.79 Å². The lowest BCUT2D eigenvalue weighted by Crippen LogP contribution is -2.14. The minimum absolute atomic E-state index is 0.0468. The lowest BCUT2D eigenvalue weighted by molar-refractivity contribution is -0.115. The lowest BCUT2D eigenvalue weighted by Gasteiger charge is -2.05. The van der Waals surface area contributed by atoms with Crippen molar-refractivity contribution in [2.24, 2.45) is 0 Å². The molecule has 1 amide bonds. The van der Waals surface area contributed by atoms with Gasteiger partial charge in [-0.2, -0.15) is 0 Å². The molecule has 1 N–H and O–H groups in total. The Kier molecular flexibility index (Phi) is 3.44. The van der Waals surface area contributed by atoms with E-state index >= 15 is 0 Å². The van der Waals surface area contributed by atoms with Crippen LogP contribution in [-0.2, 0) is 11.2 Å². The summed E-state index contributed by atoms with van der Waals surface area (Å²) in [5.74, 6) is 0.584. The SMILES string of the molecule is Cc1ccc(NC(=O)Cc2ccc3nc(C)oc3c2)cc1. The number of benzene rings is 2. The normalized spacial score (nSPS) is 10.8. The molecule has 3 aromatic rings. The van der Waals surface area contributed by atoms with Crippen molar-refractivity contribution < 1.29 is 9.21 Å². The number of amides is 1. The average Bonchev–Trinajstić information content (AvgIpc) is 2.80. The van der Waals surface area contributed by atoms with E-state index in [2.05, 4.69) is 10.3 Å². The van der Waals surface area contributed by atoms with Crippen LogP contribution in [0.1, 0.15) is 17.0 Å². The highest BCUT2D eigenvalue weighted by atomic mass is 16.3. The fraction of sp³-hybridized carbons (Fsp3) is 0.176. The first kappa shape index (κ1) is 13.4. The van der Waals surface area contributed by atoms with Gasteiger partial charge in [0.25, 0.3) is 0 Å². The van der Waals surface area contributed by atoms with Gasteiger partial charge in [0.2, 0.25) is 5.91 Å². The third-order valence-electron chi connectivity index (χ3n) is 3.26. The van der Waals surface area contributed by atoms with Gasteiger partial charge in [-0.05, 0) is 36.8 Å². The van der Waals surface area contributed by atoms with Gasteiger partial charge in [-0.15, -0.1) is 0 Å². The van der Waals surface area contributed by atoms with E-state index in [1.54, 1.807) is 0 Å². The summed E-state index contributed by atoms with van der Waals surface area (Å²) in [5, 5.41) is 2.89. The number of anilines is 1. The van der Waals surface area contributed by atoms with Crippen LogP contribution in [0.5, 0.6) is 0 Å². The number of carbonyl (C=O) groups is 1. The van der Waals surface area contributed by atoms with E-state index in [4.69, 9.17) is 4.42 Å². The molecule has 0 atom stereocenters. The number of nitrogens with one attached hydrogen (secondary N) is 1. The van der Waals surface area contributed by atoms with Crippen LogP contribution in [0.2, 0.25) is 0 Å². The number of hydrogen-bond acceptors (Lipinski definition) is 3. The Morgan fingerprint density at radius 2 is 1.90 bits per heavy atom. The van der Waals surface area contributed by atoms with E-state index in [1.807, 2.05) is 56.3 Å². The van der Waals surface area contributed by atoms with Crippen molar-refractivity contribution in [1.29, 1.82) is 0 Å². The fourth-order valence-electron chi connectivity index (χ4n) is 2.22. The van der Waals surface area contributed by atoms with Gasteiger partial charge >= 0.3 is 0 Å². The maximum Gasteiger partial charge on any atom is 0.228 e. The summed E-state index contributed by atoms with van der Waals surface area (Å²) >= 11 is 0. The molecular formula is C17H16N2O2. The van der Waals surface area contributed by atoms with Crippen LogP contribution in [0.15, 0.2) is 46.9 Å². The molecule has 1 heterocycles. The number of carbonyl (C=O) groups excluding carboxylic acids is 1. The molecule has 4 heteroatoms. The molecule has 0 aliphatic rings. The summed E-state index contributed by atoms with van der Waals surface area (Å²) in [4.78, 5) is 16.3. The quantitative estimate of drug-likeness (QED) is 0.797. The highest BCUT2D eigenvalue weighted by Crippen LogP contribution is 2.17. The molecule has 0 fully saturated rings. The summed E-state index contributed by atoms with van der Waals surface area (Å²) in [6.45, 7) is 3.82. The van der Waals surface area contributed by atoms with Gasteiger partial charge in [0.15, 0.2) is 11.5 Å². The van der Waals surface area contributed by atoms with Crippen LogP contribution >= 0.6 is 0 Å². The highest BCUT2D eigenvalue weighted by molar-refractivity contribution is 5.92. The van der Waals surface area contributed by atoms with Crippen LogP contribution in [0.4, 0.5) is 5.69 Å². The summed E-state index contributed by atoms with van der Waals surface area (Å²) in [5.41, 5.74) is 4.41. The third-order valence-corrected chi connectivity index (χ3v) is 3.26. The maximum absolute atomic E-state index is 12.1.